The van der Waals surface area contributed by atoms with Gasteiger partial charge in [0.05, 0.1) is 16.3 Å². The van der Waals surface area contributed by atoms with E-state index >= 15 is 0 Å². The molecule has 0 atom stereocenters. The molecule has 0 N–H and O–H groups in total. The molecule has 0 aliphatic carbocycles. The highest BCUT2D eigenvalue weighted by molar-refractivity contribution is 7.20. The average molecular weight is 380 g/mol. The standard InChI is InChI=1S/C17H15F3N4OS/c18-17(19,20)14-7-10-24(22-14)11-5-8-23(9-6-11)16(25)15-21-12-3-1-2-4-13(12)26-15/h1-4,7,10-11H,5-6,8-9H2. The van der Waals surface area contributed by atoms with E-state index in [9.17, 15) is 18.0 Å². The molecule has 1 amide bonds. The van der Waals surface area contributed by atoms with Crippen LogP contribution < -0.4 is 0 Å². The first-order valence-corrected chi connectivity index (χ1v) is 9.00. The first-order chi connectivity index (χ1) is 12.4. The Morgan fingerprint density at radius 2 is 1.88 bits per heavy atom. The molecule has 1 aliphatic rings. The van der Waals surface area contributed by atoms with E-state index in [-0.39, 0.29) is 11.9 Å². The smallest absolute Gasteiger partial charge is 0.336 e. The van der Waals surface area contributed by atoms with E-state index in [2.05, 4.69) is 10.1 Å². The Bertz CT molecular complexity index is 908. The Kier molecular flexibility index (Phi) is 4.18. The molecule has 0 radical (unpaired) electrons. The highest BCUT2D eigenvalue weighted by Crippen LogP contribution is 2.30. The van der Waals surface area contributed by atoms with Crippen molar-refractivity contribution >= 4 is 27.5 Å². The summed E-state index contributed by atoms with van der Waals surface area (Å²) >= 11 is 1.36. The van der Waals surface area contributed by atoms with Gasteiger partial charge in [0, 0.05) is 19.3 Å². The molecule has 4 rings (SSSR count). The van der Waals surface area contributed by atoms with Gasteiger partial charge in [0.25, 0.3) is 5.91 Å². The van der Waals surface area contributed by atoms with Crippen molar-refractivity contribution in [2.75, 3.05) is 13.1 Å². The van der Waals surface area contributed by atoms with Gasteiger partial charge >= 0.3 is 6.18 Å². The highest BCUT2D eigenvalue weighted by atomic mass is 32.1. The zero-order chi connectivity index (χ0) is 18.3. The summed E-state index contributed by atoms with van der Waals surface area (Å²) in [5.41, 5.74) is -0.0857. The van der Waals surface area contributed by atoms with Gasteiger partial charge in [0.15, 0.2) is 10.7 Å². The number of halogens is 3. The van der Waals surface area contributed by atoms with Gasteiger partial charge in [-0.2, -0.15) is 18.3 Å². The number of carbonyl (C=O) groups excluding carboxylic acids is 1. The predicted molar refractivity (Wildman–Crippen MR) is 91.0 cm³/mol. The minimum Gasteiger partial charge on any atom is -0.336 e. The maximum Gasteiger partial charge on any atom is 0.435 e. The van der Waals surface area contributed by atoms with Crippen LogP contribution in [-0.4, -0.2) is 38.7 Å². The maximum atomic E-state index is 12.7. The summed E-state index contributed by atoms with van der Waals surface area (Å²) in [6.45, 7) is 0.946. The van der Waals surface area contributed by atoms with Crippen LogP contribution >= 0.6 is 11.3 Å². The molecule has 1 aromatic carbocycles. The summed E-state index contributed by atoms with van der Waals surface area (Å²) in [5.74, 6) is -0.124. The zero-order valence-corrected chi connectivity index (χ0v) is 14.4. The van der Waals surface area contributed by atoms with Crippen molar-refractivity contribution in [3.63, 3.8) is 0 Å². The number of piperidine rings is 1. The van der Waals surface area contributed by atoms with Crippen molar-refractivity contribution in [3.8, 4) is 0 Å². The summed E-state index contributed by atoms with van der Waals surface area (Å²) in [6, 6.07) is 8.42. The second-order valence-corrected chi connectivity index (χ2v) is 7.22. The number of aromatic nitrogens is 3. The zero-order valence-electron chi connectivity index (χ0n) is 13.6. The third-order valence-corrected chi connectivity index (χ3v) is 5.53. The highest BCUT2D eigenvalue weighted by Gasteiger charge is 2.34. The van der Waals surface area contributed by atoms with Crippen molar-refractivity contribution in [3.05, 3.63) is 47.2 Å². The lowest BCUT2D eigenvalue weighted by molar-refractivity contribution is -0.141. The fourth-order valence-corrected chi connectivity index (χ4v) is 4.06. The molecule has 3 aromatic rings. The lowest BCUT2D eigenvalue weighted by Gasteiger charge is -2.31. The van der Waals surface area contributed by atoms with Crippen LogP contribution in [0.2, 0.25) is 0 Å². The summed E-state index contributed by atoms with van der Waals surface area (Å²) in [4.78, 5) is 18.7. The lowest BCUT2D eigenvalue weighted by atomic mass is 10.1. The van der Waals surface area contributed by atoms with Gasteiger partial charge in [-0.3, -0.25) is 9.48 Å². The quantitative estimate of drug-likeness (QED) is 0.676. The van der Waals surface area contributed by atoms with E-state index in [1.165, 1.54) is 22.2 Å². The normalized spacial score (nSPS) is 16.3. The Morgan fingerprint density at radius 1 is 1.15 bits per heavy atom. The molecule has 0 unspecified atom stereocenters. The topological polar surface area (TPSA) is 51.0 Å². The van der Waals surface area contributed by atoms with Crippen LogP contribution in [-0.2, 0) is 6.18 Å². The number of para-hydroxylation sites is 1. The van der Waals surface area contributed by atoms with Gasteiger partial charge in [-0.25, -0.2) is 4.98 Å². The van der Waals surface area contributed by atoms with Crippen LogP contribution in [0.25, 0.3) is 10.2 Å². The predicted octanol–water partition coefficient (Wildman–Crippen LogP) is 3.99. The van der Waals surface area contributed by atoms with Gasteiger partial charge in [-0.1, -0.05) is 12.1 Å². The minimum atomic E-state index is -4.44. The number of rotatable bonds is 2. The molecule has 0 spiro atoms. The number of hydrogen-bond acceptors (Lipinski definition) is 4. The minimum absolute atomic E-state index is 0.124. The third-order valence-electron chi connectivity index (χ3n) is 4.50. The number of amides is 1. The molecule has 26 heavy (non-hydrogen) atoms. The van der Waals surface area contributed by atoms with Gasteiger partial charge in [0.1, 0.15) is 0 Å². The van der Waals surface area contributed by atoms with Crippen LogP contribution in [0.15, 0.2) is 36.5 Å². The van der Waals surface area contributed by atoms with Crippen molar-refractivity contribution in [1.29, 1.82) is 0 Å². The number of carbonyl (C=O) groups is 1. The molecule has 5 nitrogen and oxygen atoms in total. The second-order valence-electron chi connectivity index (χ2n) is 6.19. The van der Waals surface area contributed by atoms with E-state index in [1.807, 2.05) is 24.3 Å². The number of hydrogen-bond donors (Lipinski definition) is 0. The van der Waals surface area contributed by atoms with Crippen molar-refractivity contribution < 1.29 is 18.0 Å². The molecular formula is C17H15F3N4OS. The van der Waals surface area contributed by atoms with E-state index in [0.717, 1.165) is 16.3 Å². The molecule has 1 aliphatic heterocycles. The molecular weight excluding hydrogens is 365 g/mol. The largest absolute Gasteiger partial charge is 0.435 e. The first-order valence-electron chi connectivity index (χ1n) is 8.19. The van der Waals surface area contributed by atoms with Crippen LogP contribution in [0, 0.1) is 0 Å². The number of alkyl halides is 3. The van der Waals surface area contributed by atoms with Crippen LogP contribution in [0.3, 0.4) is 0 Å². The fourth-order valence-electron chi connectivity index (χ4n) is 3.13. The molecule has 2 aromatic heterocycles. The van der Waals surface area contributed by atoms with Crippen LogP contribution in [0.5, 0.6) is 0 Å². The maximum absolute atomic E-state index is 12.7. The molecule has 3 heterocycles. The molecule has 1 saturated heterocycles. The SMILES string of the molecule is O=C(c1nc2ccccc2s1)N1CCC(n2ccc(C(F)(F)F)n2)CC1. The number of fused-ring (bicyclic) bond motifs is 1. The monoisotopic (exact) mass is 380 g/mol. The van der Waals surface area contributed by atoms with Gasteiger partial charge in [-0.15, -0.1) is 11.3 Å². The molecule has 9 heteroatoms. The van der Waals surface area contributed by atoms with E-state index < -0.39 is 11.9 Å². The van der Waals surface area contributed by atoms with Gasteiger partial charge in [0.2, 0.25) is 0 Å². The summed E-state index contributed by atoms with van der Waals surface area (Å²) in [6.07, 6.45) is -1.95. The summed E-state index contributed by atoms with van der Waals surface area (Å²) in [7, 11) is 0. The van der Waals surface area contributed by atoms with E-state index in [1.54, 1.807) is 4.90 Å². The number of nitrogens with zero attached hydrogens (tertiary/aromatic N) is 4. The number of thiazole rings is 1. The van der Waals surface area contributed by atoms with E-state index in [4.69, 9.17) is 0 Å². The van der Waals surface area contributed by atoms with Crippen LogP contribution in [0.4, 0.5) is 13.2 Å². The Hall–Kier alpha value is -2.42. The number of likely N-dealkylation sites (tertiary alicyclic amines) is 1. The third kappa shape index (κ3) is 3.18. The number of benzene rings is 1. The molecule has 0 saturated carbocycles. The Balaban J connectivity index is 1.43. The molecule has 0 bridgehead atoms. The Morgan fingerprint density at radius 3 is 2.54 bits per heavy atom. The second kappa shape index (κ2) is 6.39. The van der Waals surface area contributed by atoms with Gasteiger partial charge < -0.3 is 4.90 Å². The molecule has 1 fully saturated rings. The fraction of sp³-hybridized carbons (Fsp3) is 0.353. The van der Waals surface area contributed by atoms with Gasteiger partial charge in [-0.05, 0) is 31.0 Å². The van der Waals surface area contributed by atoms with Crippen molar-refractivity contribution in [1.82, 2.24) is 19.7 Å². The lowest BCUT2D eigenvalue weighted by Crippen LogP contribution is -2.39. The van der Waals surface area contributed by atoms with E-state index in [0.29, 0.717) is 30.9 Å². The van der Waals surface area contributed by atoms with Crippen molar-refractivity contribution in [2.24, 2.45) is 0 Å². The average Bonchev–Trinajstić information content (AvgIpc) is 3.28. The molecule has 136 valence electrons. The van der Waals surface area contributed by atoms with Crippen LogP contribution in [0.1, 0.15) is 34.4 Å². The van der Waals surface area contributed by atoms with Crippen molar-refractivity contribution in [2.45, 2.75) is 25.1 Å². The summed E-state index contributed by atoms with van der Waals surface area (Å²) in [5, 5.41) is 4.09. The summed E-state index contributed by atoms with van der Waals surface area (Å²) < 4.78 is 40.4. The first kappa shape index (κ1) is 17.0. The Labute approximate surface area is 151 Å².